The summed E-state index contributed by atoms with van der Waals surface area (Å²) in [5.74, 6) is -0.557. The standard InChI is InChI=1S/C8H2ClF3INO/c9-5-2-1-4(3-14)7(6(5)13)15-8(10,11)12/h1-2H. The van der Waals surface area contributed by atoms with E-state index in [1.54, 1.807) is 28.7 Å². The summed E-state index contributed by atoms with van der Waals surface area (Å²) in [5, 5.41) is 8.69. The molecule has 0 spiro atoms. The van der Waals surface area contributed by atoms with E-state index in [1.807, 2.05) is 0 Å². The van der Waals surface area contributed by atoms with Crippen molar-refractivity contribution in [2.24, 2.45) is 0 Å². The quantitative estimate of drug-likeness (QED) is 0.726. The van der Waals surface area contributed by atoms with Crippen molar-refractivity contribution in [2.45, 2.75) is 6.36 Å². The van der Waals surface area contributed by atoms with Crippen LogP contribution in [0, 0.1) is 14.9 Å². The summed E-state index contributed by atoms with van der Waals surface area (Å²) < 4.78 is 39.8. The molecule has 0 bridgehead atoms. The Morgan fingerprint density at radius 3 is 2.47 bits per heavy atom. The van der Waals surface area contributed by atoms with Crippen LogP contribution in [0.2, 0.25) is 5.02 Å². The van der Waals surface area contributed by atoms with Gasteiger partial charge in [0, 0.05) is 0 Å². The summed E-state index contributed by atoms with van der Waals surface area (Å²) >= 11 is 7.19. The van der Waals surface area contributed by atoms with Gasteiger partial charge in [0.2, 0.25) is 0 Å². The molecule has 0 atom stereocenters. The molecule has 0 aromatic heterocycles. The van der Waals surface area contributed by atoms with Gasteiger partial charge in [0.1, 0.15) is 6.07 Å². The van der Waals surface area contributed by atoms with Crippen molar-refractivity contribution >= 4 is 34.2 Å². The Kier molecular flexibility index (Phi) is 3.67. The monoisotopic (exact) mass is 347 g/mol. The molecule has 0 amide bonds. The average molecular weight is 347 g/mol. The molecule has 1 aromatic rings. The molecule has 7 heteroatoms. The topological polar surface area (TPSA) is 33.0 Å². The second-order valence-electron chi connectivity index (χ2n) is 2.40. The van der Waals surface area contributed by atoms with E-state index in [2.05, 4.69) is 4.74 Å². The maximum Gasteiger partial charge on any atom is 0.573 e. The number of nitriles is 1. The highest BCUT2D eigenvalue weighted by Crippen LogP contribution is 2.35. The Morgan fingerprint density at radius 1 is 1.40 bits per heavy atom. The van der Waals surface area contributed by atoms with Crippen LogP contribution in [0.1, 0.15) is 5.56 Å². The molecule has 0 radical (unpaired) electrons. The zero-order valence-corrected chi connectivity index (χ0v) is 9.81. The van der Waals surface area contributed by atoms with Crippen LogP contribution in [0.25, 0.3) is 0 Å². The summed E-state index contributed by atoms with van der Waals surface area (Å²) in [6.07, 6.45) is -4.84. The van der Waals surface area contributed by atoms with Crippen LogP contribution in [0.4, 0.5) is 13.2 Å². The number of alkyl halides is 3. The minimum Gasteiger partial charge on any atom is -0.403 e. The van der Waals surface area contributed by atoms with E-state index >= 15 is 0 Å². The maximum absolute atomic E-state index is 12.0. The van der Waals surface area contributed by atoms with Gasteiger partial charge in [-0.05, 0) is 34.7 Å². The van der Waals surface area contributed by atoms with Gasteiger partial charge in [0.15, 0.2) is 5.75 Å². The Labute approximate surface area is 102 Å². The first-order valence-electron chi connectivity index (χ1n) is 3.49. The van der Waals surface area contributed by atoms with Crippen molar-refractivity contribution in [3.8, 4) is 11.8 Å². The summed E-state index contributed by atoms with van der Waals surface area (Å²) in [5.41, 5.74) is -0.207. The van der Waals surface area contributed by atoms with Crippen LogP contribution in [0.5, 0.6) is 5.75 Å². The minimum absolute atomic E-state index is 0.0608. The van der Waals surface area contributed by atoms with Gasteiger partial charge in [-0.2, -0.15) is 5.26 Å². The molecule has 0 saturated carbocycles. The van der Waals surface area contributed by atoms with Crippen molar-refractivity contribution in [1.29, 1.82) is 5.26 Å². The highest BCUT2D eigenvalue weighted by atomic mass is 127. The smallest absolute Gasteiger partial charge is 0.403 e. The maximum atomic E-state index is 12.0. The minimum atomic E-state index is -4.84. The molecule has 80 valence electrons. The van der Waals surface area contributed by atoms with Crippen LogP contribution in [0.3, 0.4) is 0 Å². The fourth-order valence-corrected chi connectivity index (χ4v) is 1.56. The van der Waals surface area contributed by atoms with Crippen LogP contribution in [-0.4, -0.2) is 6.36 Å². The molecule has 2 nitrogen and oxygen atoms in total. The van der Waals surface area contributed by atoms with Gasteiger partial charge in [0.05, 0.1) is 14.2 Å². The second kappa shape index (κ2) is 4.45. The first-order valence-corrected chi connectivity index (χ1v) is 4.94. The molecule has 0 fully saturated rings. The lowest BCUT2D eigenvalue weighted by Crippen LogP contribution is -2.18. The Morgan fingerprint density at radius 2 is 2.00 bits per heavy atom. The molecule has 1 aromatic carbocycles. The van der Waals surface area contributed by atoms with E-state index in [1.165, 1.54) is 12.1 Å². The van der Waals surface area contributed by atoms with Crippen LogP contribution < -0.4 is 4.74 Å². The third kappa shape index (κ3) is 3.14. The van der Waals surface area contributed by atoms with E-state index in [-0.39, 0.29) is 14.2 Å². The molecule has 0 aliphatic rings. The Hall–Kier alpha value is -0.680. The van der Waals surface area contributed by atoms with E-state index in [9.17, 15) is 13.2 Å². The molecular weight excluding hydrogens is 345 g/mol. The predicted molar refractivity (Wildman–Crippen MR) is 55.6 cm³/mol. The number of benzene rings is 1. The van der Waals surface area contributed by atoms with Gasteiger partial charge >= 0.3 is 6.36 Å². The molecule has 0 unspecified atom stereocenters. The van der Waals surface area contributed by atoms with Crippen molar-refractivity contribution in [2.75, 3.05) is 0 Å². The summed E-state index contributed by atoms with van der Waals surface area (Å²) in [6, 6.07) is 4.11. The lowest BCUT2D eigenvalue weighted by Gasteiger charge is -2.12. The number of hydrogen-bond acceptors (Lipinski definition) is 2. The van der Waals surface area contributed by atoms with Crippen LogP contribution in [0.15, 0.2) is 12.1 Å². The first-order chi connectivity index (χ1) is 6.85. The third-order valence-corrected chi connectivity index (χ3v) is 3.09. The fourth-order valence-electron chi connectivity index (χ4n) is 0.836. The second-order valence-corrected chi connectivity index (χ2v) is 3.88. The van der Waals surface area contributed by atoms with Crippen molar-refractivity contribution < 1.29 is 17.9 Å². The van der Waals surface area contributed by atoms with Gasteiger partial charge in [-0.1, -0.05) is 11.6 Å². The lowest BCUT2D eigenvalue weighted by atomic mass is 10.2. The summed E-state index contributed by atoms with van der Waals surface area (Å²) in [4.78, 5) is 0. The van der Waals surface area contributed by atoms with E-state index < -0.39 is 12.1 Å². The van der Waals surface area contributed by atoms with Gasteiger partial charge in [-0.3, -0.25) is 0 Å². The summed E-state index contributed by atoms with van der Waals surface area (Å²) in [7, 11) is 0. The predicted octanol–water partition coefficient (Wildman–Crippen LogP) is 3.71. The zero-order chi connectivity index (χ0) is 11.6. The van der Waals surface area contributed by atoms with Crippen molar-refractivity contribution in [3.63, 3.8) is 0 Å². The van der Waals surface area contributed by atoms with Crippen LogP contribution in [-0.2, 0) is 0 Å². The highest BCUT2D eigenvalue weighted by molar-refractivity contribution is 14.1. The van der Waals surface area contributed by atoms with Gasteiger partial charge < -0.3 is 4.74 Å². The average Bonchev–Trinajstić information content (AvgIpc) is 2.11. The highest BCUT2D eigenvalue weighted by Gasteiger charge is 2.33. The largest absolute Gasteiger partial charge is 0.573 e. The van der Waals surface area contributed by atoms with Crippen molar-refractivity contribution in [3.05, 3.63) is 26.3 Å². The van der Waals surface area contributed by atoms with Gasteiger partial charge in [-0.15, -0.1) is 13.2 Å². The molecule has 0 heterocycles. The zero-order valence-electron chi connectivity index (χ0n) is 6.90. The number of rotatable bonds is 1. The van der Waals surface area contributed by atoms with Crippen molar-refractivity contribution in [1.82, 2.24) is 0 Å². The molecule has 15 heavy (non-hydrogen) atoms. The van der Waals surface area contributed by atoms with Crippen LogP contribution >= 0.6 is 34.2 Å². The lowest BCUT2D eigenvalue weighted by molar-refractivity contribution is -0.275. The molecule has 0 aliphatic carbocycles. The number of hydrogen-bond donors (Lipinski definition) is 0. The van der Waals surface area contributed by atoms with Gasteiger partial charge in [0.25, 0.3) is 0 Å². The SMILES string of the molecule is N#Cc1ccc(Cl)c(I)c1OC(F)(F)F. The third-order valence-electron chi connectivity index (χ3n) is 1.39. The van der Waals surface area contributed by atoms with Gasteiger partial charge in [-0.25, -0.2) is 0 Å². The number of nitrogens with zero attached hydrogens (tertiary/aromatic N) is 1. The fraction of sp³-hybridized carbons (Fsp3) is 0.125. The number of ether oxygens (including phenoxy) is 1. The Bertz CT molecular complexity index is 427. The molecule has 0 N–H and O–H groups in total. The molecule has 0 saturated heterocycles. The number of halogens is 5. The summed E-state index contributed by atoms with van der Waals surface area (Å²) in [6.45, 7) is 0. The molecular formula is C8H2ClF3INO. The normalized spacial score (nSPS) is 10.9. The molecule has 1 rings (SSSR count). The molecule has 0 aliphatic heterocycles. The van der Waals surface area contributed by atoms with E-state index in [0.717, 1.165) is 0 Å². The Balaban J connectivity index is 3.26. The van der Waals surface area contributed by atoms with E-state index in [4.69, 9.17) is 16.9 Å². The van der Waals surface area contributed by atoms with E-state index in [0.29, 0.717) is 0 Å². The first kappa shape index (κ1) is 12.4.